The molecule has 2 N–H and O–H groups in total. The fraction of sp³-hybridized carbons (Fsp3) is 0.333. The van der Waals surface area contributed by atoms with Crippen LogP contribution >= 0.6 is 0 Å². The molecule has 32 heavy (non-hydrogen) atoms. The predicted molar refractivity (Wildman–Crippen MR) is 114 cm³/mol. The van der Waals surface area contributed by atoms with Gasteiger partial charge in [-0.3, -0.25) is 4.68 Å². The van der Waals surface area contributed by atoms with Gasteiger partial charge >= 0.3 is 0 Å². The molecule has 11 heteroatoms. The Hall–Kier alpha value is -3.73. The summed E-state index contributed by atoms with van der Waals surface area (Å²) in [5, 5.41) is 24.6. The number of carbonyl (C=O) groups excluding carboxylic acids is 1. The Labute approximate surface area is 182 Å². The molecule has 3 aromatic heterocycles. The van der Waals surface area contributed by atoms with Gasteiger partial charge < -0.3 is 15.2 Å². The maximum absolute atomic E-state index is 14.9. The molecule has 0 bridgehead atoms. The smallest absolute Gasteiger partial charge is 0.225 e. The molecular weight excluding hydrogens is 415 g/mol. The normalized spacial score (nSPS) is 18.3. The first-order valence-corrected chi connectivity index (χ1v) is 10.4. The Bertz CT molecular complexity index is 1270. The summed E-state index contributed by atoms with van der Waals surface area (Å²) in [4.78, 5) is 19.8. The Balaban J connectivity index is 1.42. The highest BCUT2D eigenvalue weighted by atomic mass is 19.1. The van der Waals surface area contributed by atoms with Crippen LogP contribution in [0.25, 0.3) is 28.0 Å². The van der Waals surface area contributed by atoms with E-state index < -0.39 is 5.82 Å². The highest BCUT2D eigenvalue weighted by molar-refractivity contribution is 5.73. The number of halogens is 1. The number of nitrogens with one attached hydrogen (secondary N) is 1. The largest absolute Gasteiger partial charge is 0.394 e. The molecule has 0 saturated heterocycles. The number of anilines is 1. The van der Waals surface area contributed by atoms with Crippen LogP contribution in [0.1, 0.15) is 19.3 Å². The van der Waals surface area contributed by atoms with E-state index in [0.717, 1.165) is 25.5 Å². The van der Waals surface area contributed by atoms with Crippen LogP contribution in [-0.2, 0) is 11.3 Å². The second-order valence-corrected chi connectivity index (χ2v) is 7.83. The highest BCUT2D eigenvalue weighted by Crippen LogP contribution is 2.27. The van der Waals surface area contributed by atoms with Crippen LogP contribution in [0.2, 0.25) is 0 Å². The van der Waals surface area contributed by atoms with Crippen molar-refractivity contribution in [2.45, 2.75) is 31.8 Å². The van der Waals surface area contributed by atoms with Gasteiger partial charge in [-0.25, -0.2) is 9.37 Å². The topological polar surface area (TPSA) is 124 Å². The molecule has 1 aliphatic carbocycles. The summed E-state index contributed by atoms with van der Waals surface area (Å²) in [6.07, 6.45) is 8.30. The summed E-state index contributed by atoms with van der Waals surface area (Å²) in [6, 6.07) is 4.89. The molecule has 5 rings (SSSR count). The Morgan fingerprint density at radius 2 is 2.19 bits per heavy atom. The van der Waals surface area contributed by atoms with Crippen molar-refractivity contribution in [1.29, 1.82) is 0 Å². The van der Waals surface area contributed by atoms with Gasteiger partial charge in [-0.15, -0.1) is 5.10 Å². The number of aliphatic hydroxyl groups excluding tert-OH is 1. The number of aldehydes is 1. The maximum atomic E-state index is 14.9. The lowest BCUT2D eigenvalue weighted by Gasteiger charge is -2.12. The monoisotopic (exact) mass is 436 g/mol. The molecular formula is C21H21FN8O2. The molecule has 4 aromatic rings. The van der Waals surface area contributed by atoms with Gasteiger partial charge in [0.15, 0.2) is 11.2 Å². The number of fused-ring (bicyclic) bond motifs is 1. The summed E-state index contributed by atoms with van der Waals surface area (Å²) < 4.78 is 17.9. The predicted octanol–water partition coefficient (Wildman–Crippen LogP) is 1.98. The first-order chi connectivity index (χ1) is 15.6. The summed E-state index contributed by atoms with van der Waals surface area (Å²) >= 11 is 0. The fourth-order valence-corrected chi connectivity index (χ4v) is 4.02. The van der Waals surface area contributed by atoms with Crippen molar-refractivity contribution in [2.24, 2.45) is 5.92 Å². The van der Waals surface area contributed by atoms with E-state index in [2.05, 4.69) is 30.7 Å². The Morgan fingerprint density at radius 3 is 2.97 bits per heavy atom. The van der Waals surface area contributed by atoms with Crippen LogP contribution in [0.3, 0.4) is 0 Å². The first kappa shape index (κ1) is 20.2. The third-order valence-electron chi connectivity index (χ3n) is 5.66. The zero-order valence-electron chi connectivity index (χ0n) is 17.1. The van der Waals surface area contributed by atoms with Gasteiger partial charge in [0, 0.05) is 35.3 Å². The van der Waals surface area contributed by atoms with Crippen LogP contribution < -0.4 is 5.32 Å². The number of hydrogen-bond acceptors (Lipinski definition) is 8. The van der Waals surface area contributed by atoms with Crippen LogP contribution in [0.15, 0.2) is 36.8 Å². The maximum Gasteiger partial charge on any atom is 0.225 e. The van der Waals surface area contributed by atoms with Gasteiger partial charge in [0.05, 0.1) is 31.2 Å². The molecule has 1 aliphatic rings. The van der Waals surface area contributed by atoms with E-state index in [-0.39, 0.29) is 18.6 Å². The minimum Gasteiger partial charge on any atom is -0.394 e. The molecule has 2 atom stereocenters. The number of benzene rings is 1. The third-order valence-corrected chi connectivity index (χ3v) is 5.66. The average Bonchev–Trinajstić information content (AvgIpc) is 3.53. The number of rotatable bonds is 7. The minimum atomic E-state index is -0.437. The van der Waals surface area contributed by atoms with Crippen molar-refractivity contribution in [2.75, 3.05) is 11.9 Å². The zero-order valence-corrected chi connectivity index (χ0v) is 17.1. The molecule has 3 heterocycles. The van der Waals surface area contributed by atoms with Gasteiger partial charge in [0.1, 0.15) is 12.1 Å². The molecule has 1 fully saturated rings. The molecule has 1 aromatic carbocycles. The van der Waals surface area contributed by atoms with Crippen LogP contribution in [-0.4, -0.2) is 58.8 Å². The first-order valence-electron chi connectivity index (χ1n) is 10.4. The lowest BCUT2D eigenvalue weighted by atomic mass is 10.1. The van der Waals surface area contributed by atoms with E-state index in [1.54, 1.807) is 35.4 Å². The van der Waals surface area contributed by atoms with Crippen molar-refractivity contribution >= 4 is 23.4 Å². The molecule has 2 unspecified atom stereocenters. The number of carbonyl (C=O) groups is 1. The second kappa shape index (κ2) is 8.42. The van der Waals surface area contributed by atoms with E-state index in [4.69, 9.17) is 5.11 Å². The summed E-state index contributed by atoms with van der Waals surface area (Å²) in [5.41, 5.74) is 2.43. The number of hydrogen-bond donors (Lipinski definition) is 2. The fourth-order valence-electron chi connectivity index (χ4n) is 4.02. The van der Waals surface area contributed by atoms with E-state index in [9.17, 15) is 9.18 Å². The molecule has 0 radical (unpaired) electrons. The SMILES string of the molecule is O=CC1CCC(Nc2ncc3nnn(-c4ccc(-c5cnn(CCO)c5)c(F)c4)c3n2)C1. The van der Waals surface area contributed by atoms with Crippen molar-refractivity contribution < 1.29 is 14.3 Å². The lowest BCUT2D eigenvalue weighted by Crippen LogP contribution is -2.17. The number of nitrogens with zero attached hydrogens (tertiary/aromatic N) is 7. The molecule has 0 aliphatic heterocycles. The zero-order chi connectivity index (χ0) is 22.1. The number of aromatic nitrogens is 7. The summed E-state index contributed by atoms with van der Waals surface area (Å²) in [6.45, 7) is 0.302. The quantitative estimate of drug-likeness (QED) is 0.422. The number of aliphatic hydroxyl groups is 1. The van der Waals surface area contributed by atoms with Gasteiger partial charge in [-0.1, -0.05) is 5.21 Å². The van der Waals surface area contributed by atoms with Crippen LogP contribution in [0, 0.1) is 11.7 Å². The van der Waals surface area contributed by atoms with Crippen molar-refractivity contribution in [3.63, 3.8) is 0 Å². The van der Waals surface area contributed by atoms with Crippen molar-refractivity contribution in [1.82, 2.24) is 34.7 Å². The van der Waals surface area contributed by atoms with E-state index in [1.807, 2.05) is 0 Å². The Kier molecular flexibility index (Phi) is 5.31. The average molecular weight is 436 g/mol. The molecule has 1 saturated carbocycles. The highest BCUT2D eigenvalue weighted by Gasteiger charge is 2.25. The lowest BCUT2D eigenvalue weighted by molar-refractivity contribution is -0.110. The van der Waals surface area contributed by atoms with E-state index >= 15 is 0 Å². The summed E-state index contributed by atoms with van der Waals surface area (Å²) in [7, 11) is 0. The molecule has 0 spiro atoms. The standard InChI is InChI=1S/C21H21FN8O2/c22-18-8-16(3-4-17(18)14-9-24-29(11-14)5-6-31)30-20-19(27-28-30)10-23-21(26-20)25-15-2-1-13(7-15)12-32/h3-4,8-13,15,31H,1-2,5-7H2,(H,23,25,26). The van der Waals surface area contributed by atoms with Gasteiger partial charge in [-0.05, 0) is 31.4 Å². The summed E-state index contributed by atoms with van der Waals surface area (Å²) in [5.74, 6) is 0.0552. The van der Waals surface area contributed by atoms with Gasteiger partial charge in [-0.2, -0.15) is 14.8 Å². The third kappa shape index (κ3) is 3.82. The molecule has 164 valence electrons. The minimum absolute atomic E-state index is 0.0426. The molecule has 0 amide bonds. The van der Waals surface area contributed by atoms with E-state index in [0.29, 0.717) is 40.5 Å². The van der Waals surface area contributed by atoms with Crippen molar-refractivity contribution in [3.05, 3.63) is 42.6 Å². The van der Waals surface area contributed by atoms with Gasteiger partial charge in [0.25, 0.3) is 0 Å². The van der Waals surface area contributed by atoms with Crippen LogP contribution in [0.4, 0.5) is 10.3 Å². The van der Waals surface area contributed by atoms with Crippen molar-refractivity contribution in [3.8, 4) is 16.8 Å². The van der Waals surface area contributed by atoms with E-state index in [1.165, 1.54) is 10.7 Å². The Morgan fingerprint density at radius 1 is 1.28 bits per heavy atom. The molecule has 10 nitrogen and oxygen atoms in total. The van der Waals surface area contributed by atoms with Gasteiger partial charge in [0.2, 0.25) is 5.95 Å². The second-order valence-electron chi connectivity index (χ2n) is 7.83. The van der Waals surface area contributed by atoms with Crippen LogP contribution in [0.5, 0.6) is 0 Å².